The fourth-order valence-electron chi connectivity index (χ4n) is 1.26. The standard InChI is InChI=1S/C9H9FN2O5/c10-4-1-2-6(12(16)17)5(3-4)8(13)7(11)9(14)15/h1-3,7-8,13H,11H2,(H,14,15). The molecular weight excluding hydrogens is 235 g/mol. The van der Waals surface area contributed by atoms with Crippen LogP contribution in [-0.4, -0.2) is 27.1 Å². The van der Waals surface area contributed by atoms with Gasteiger partial charge in [-0.3, -0.25) is 14.9 Å². The van der Waals surface area contributed by atoms with Gasteiger partial charge in [-0.15, -0.1) is 0 Å². The maximum absolute atomic E-state index is 12.9. The summed E-state index contributed by atoms with van der Waals surface area (Å²) in [5, 5.41) is 28.7. The molecule has 0 fully saturated rings. The van der Waals surface area contributed by atoms with Gasteiger partial charge in [0.1, 0.15) is 18.0 Å². The van der Waals surface area contributed by atoms with E-state index in [0.29, 0.717) is 6.07 Å². The van der Waals surface area contributed by atoms with Crippen molar-refractivity contribution in [3.8, 4) is 0 Å². The van der Waals surface area contributed by atoms with Gasteiger partial charge in [0, 0.05) is 6.07 Å². The number of carboxylic acids is 1. The molecule has 0 saturated heterocycles. The Kier molecular flexibility index (Phi) is 3.71. The van der Waals surface area contributed by atoms with Crippen LogP contribution in [0.4, 0.5) is 10.1 Å². The third-order valence-corrected chi connectivity index (χ3v) is 2.13. The SMILES string of the molecule is NC(C(=O)O)C(O)c1cc(F)ccc1[N+](=O)[O-]. The maximum atomic E-state index is 12.9. The lowest BCUT2D eigenvalue weighted by molar-refractivity contribution is -0.386. The second kappa shape index (κ2) is 4.85. The van der Waals surface area contributed by atoms with Crippen LogP contribution < -0.4 is 5.73 Å². The number of benzene rings is 1. The summed E-state index contributed by atoms with van der Waals surface area (Å²) in [5.41, 5.74) is 4.06. The van der Waals surface area contributed by atoms with Crippen molar-refractivity contribution in [3.63, 3.8) is 0 Å². The average molecular weight is 244 g/mol. The Labute approximate surface area is 94.4 Å². The highest BCUT2D eigenvalue weighted by Crippen LogP contribution is 2.27. The molecular formula is C9H9FN2O5. The lowest BCUT2D eigenvalue weighted by Crippen LogP contribution is -2.36. The first-order valence-corrected chi connectivity index (χ1v) is 4.45. The summed E-state index contributed by atoms with van der Waals surface area (Å²) in [6, 6.07) is 0.588. The fourth-order valence-corrected chi connectivity index (χ4v) is 1.26. The molecule has 0 spiro atoms. The molecule has 2 atom stereocenters. The molecule has 0 aromatic heterocycles. The third-order valence-electron chi connectivity index (χ3n) is 2.13. The first-order chi connectivity index (χ1) is 7.84. The molecule has 0 radical (unpaired) electrons. The van der Waals surface area contributed by atoms with E-state index in [0.717, 1.165) is 12.1 Å². The number of carboxylic acid groups (broad SMARTS) is 1. The van der Waals surface area contributed by atoms with Crippen LogP contribution in [-0.2, 0) is 4.79 Å². The van der Waals surface area contributed by atoms with Crippen LogP contribution >= 0.6 is 0 Å². The molecule has 1 aromatic carbocycles. The normalized spacial score (nSPS) is 14.1. The van der Waals surface area contributed by atoms with E-state index in [4.69, 9.17) is 10.8 Å². The van der Waals surface area contributed by atoms with Crippen LogP contribution in [0.15, 0.2) is 18.2 Å². The van der Waals surface area contributed by atoms with Gasteiger partial charge >= 0.3 is 5.97 Å². The van der Waals surface area contributed by atoms with Crippen LogP contribution in [0.5, 0.6) is 0 Å². The molecule has 8 heteroatoms. The molecule has 0 aliphatic carbocycles. The first-order valence-electron chi connectivity index (χ1n) is 4.45. The molecule has 0 heterocycles. The highest BCUT2D eigenvalue weighted by molar-refractivity contribution is 5.74. The van der Waals surface area contributed by atoms with Crippen LogP contribution in [0.1, 0.15) is 11.7 Å². The van der Waals surface area contributed by atoms with E-state index in [9.17, 15) is 24.4 Å². The molecule has 0 aliphatic rings. The van der Waals surface area contributed by atoms with Crippen molar-refractivity contribution in [3.05, 3.63) is 39.7 Å². The van der Waals surface area contributed by atoms with Gasteiger partial charge in [0.05, 0.1) is 10.5 Å². The lowest BCUT2D eigenvalue weighted by Gasteiger charge is -2.15. The van der Waals surface area contributed by atoms with E-state index < -0.39 is 40.1 Å². The van der Waals surface area contributed by atoms with Crippen molar-refractivity contribution in [2.75, 3.05) is 0 Å². The van der Waals surface area contributed by atoms with Crippen molar-refractivity contribution >= 4 is 11.7 Å². The Morgan fingerprint density at radius 3 is 2.59 bits per heavy atom. The topological polar surface area (TPSA) is 127 Å². The molecule has 1 aromatic rings. The first kappa shape index (κ1) is 13.0. The van der Waals surface area contributed by atoms with Gasteiger partial charge in [0.15, 0.2) is 0 Å². The van der Waals surface area contributed by atoms with Gasteiger partial charge in [0.2, 0.25) is 0 Å². The number of nitro groups is 1. The predicted octanol–water partition coefficient (Wildman–Crippen LogP) is 0.179. The number of nitrogens with two attached hydrogens (primary N) is 1. The monoisotopic (exact) mass is 244 g/mol. The highest BCUT2D eigenvalue weighted by Gasteiger charge is 2.29. The fraction of sp³-hybridized carbons (Fsp3) is 0.222. The average Bonchev–Trinajstić information content (AvgIpc) is 2.26. The number of hydrogen-bond acceptors (Lipinski definition) is 5. The molecule has 17 heavy (non-hydrogen) atoms. The Hall–Kier alpha value is -2.06. The number of aliphatic hydroxyl groups is 1. The highest BCUT2D eigenvalue weighted by atomic mass is 19.1. The molecule has 92 valence electrons. The predicted molar refractivity (Wildman–Crippen MR) is 53.6 cm³/mol. The largest absolute Gasteiger partial charge is 0.480 e. The number of nitro benzene ring substituents is 1. The van der Waals surface area contributed by atoms with Crippen molar-refractivity contribution in [1.29, 1.82) is 0 Å². The number of halogens is 1. The number of nitrogens with zero attached hydrogens (tertiary/aromatic N) is 1. The van der Waals surface area contributed by atoms with Gasteiger partial charge in [-0.1, -0.05) is 0 Å². The minimum atomic E-state index is -1.86. The van der Waals surface area contributed by atoms with Crippen LogP contribution in [0.3, 0.4) is 0 Å². The zero-order valence-electron chi connectivity index (χ0n) is 8.41. The zero-order valence-corrected chi connectivity index (χ0v) is 8.41. The molecule has 0 bridgehead atoms. The van der Waals surface area contributed by atoms with Crippen LogP contribution in [0.2, 0.25) is 0 Å². The van der Waals surface area contributed by atoms with Gasteiger partial charge < -0.3 is 15.9 Å². The molecule has 0 amide bonds. The van der Waals surface area contributed by atoms with Crippen molar-refractivity contribution in [2.45, 2.75) is 12.1 Å². The molecule has 4 N–H and O–H groups in total. The van der Waals surface area contributed by atoms with E-state index in [1.807, 2.05) is 0 Å². The summed E-state index contributed by atoms with van der Waals surface area (Å²) in [5.74, 6) is -2.38. The van der Waals surface area contributed by atoms with E-state index >= 15 is 0 Å². The van der Waals surface area contributed by atoms with Crippen LogP contribution in [0, 0.1) is 15.9 Å². The minimum absolute atomic E-state index is 0.468. The van der Waals surface area contributed by atoms with E-state index in [2.05, 4.69) is 0 Å². The maximum Gasteiger partial charge on any atom is 0.323 e. The summed E-state index contributed by atoms with van der Waals surface area (Å²) in [7, 11) is 0. The Bertz CT molecular complexity index is 465. The summed E-state index contributed by atoms with van der Waals surface area (Å²) >= 11 is 0. The number of rotatable bonds is 4. The van der Waals surface area contributed by atoms with Crippen molar-refractivity contribution in [2.24, 2.45) is 5.73 Å². The number of hydrogen-bond donors (Lipinski definition) is 3. The summed E-state index contributed by atoms with van der Waals surface area (Å²) in [6.45, 7) is 0. The van der Waals surface area contributed by atoms with Gasteiger partial charge in [-0.25, -0.2) is 4.39 Å². The summed E-state index contributed by atoms with van der Waals surface area (Å²) in [4.78, 5) is 20.3. The Balaban J connectivity index is 3.23. The van der Waals surface area contributed by atoms with Crippen LogP contribution in [0.25, 0.3) is 0 Å². The Morgan fingerprint density at radius 2 is 2.12 bits per heavy atom. The van der Waals surface area contributed by atoms with Gasteiger partial charge in [-0.05, 0) is 12.1 Å². The minimum Gasteiger partial charge on any atom is -0.480 e. The molecule has 1 rings (SSSR count). The second-order valence-electron chi connectivity index (χ2n) is 3.27. The number of aliphatic hydroxyl groups excluding tert-OH is 1. The number of carbonyl (C=O) groups is 1. The Morgan fingerprint density at radius 1 is 1.53 bits per heavy atom. The van der Waals surface area contributed by atoms with E-state index in [-0.39, 0.29) is 0 Å². The van der Waals surface area contributed by atoms with Crippen molar-refractivity contribution < 1.29 is 24.3 Å². The van der Waals surface area contributed by atoms with Gasteiger partial charge in [0.25, 0.3) is 5.69 Å². The quantitative estimate of drug-likeness (QED) is 0.512. The molecule has 0 saturated carbocycles. The second-order valence-corrected chi connectivity index (χ2v) is 3.27. The van der Waals surface area contributed by atoms with E-state index in [1.54, 1.807) is 0 Å². The summed E-state index contributed by atoms with van der Waals surface area (Å²) < 4.78 is 12.9. The third kappa shape index (κ3) is 2.74. The number of aliphatic carboxylic acids is 1. The molecule has 0 aliphatic heterocycles. The lowest BCUT2D eigenvalue weighted by atomic mass is 10.0. The molecule has 2 unspecified atom stereocenters. The van der Waals surface area contributed by atoms with E-state index in [1.165, 1.54) is 0 Å². The van der Waals surface area contributed by atoms with Gasteiger partial charge in [-0.2, -0.15) is 0 Å². The smallest absolute Gasteiger partial charge is 0.323 e. The van der Waals surface area contributed by atoms with Crippen molar-refractivity contribution in [1.82, 2.24) is 0 Å². The zero-order chi connectivity index (χ0) is 13.2. The summed E-state index contributed by atoms with van der Waals surface area (Å²) in [6.07, 6.45) is -1.86. The molecule has 7 nitrogen and oxygen atoms in total.